The lowest BCUT2D eigenvalue weighted by Crippen LogP contribution is -2.36. The minimum absolute atomic E-state index is 0.00150. The summed E-state index contributed by atoms with van der Waals surface area (Å²) in [7, 11) is 0. The van der Waals surface area contributed by atoms with Gasteiger partial charge in [-0.3, -0.25) is 4.79 Å². The number of hydrogen-bond acceptors (Lipinski definition) is 4. The minimum atomic E-state index is 0.00150. The molecule has 0 saturated carbocycles. The number of H-pyrrole nitrogens is 1. The molecule has 0 unspecified atom stereocenters. The number of benzene rings is 1. The molecule has 0 amide bonds. The summed E-state index contributed by atoms with van der Waals surface area (Å²) in [6.07, 6.45) is 0. The van der Waals surface area contributed by atoms with E-state index in [1.165, 1.54) is 17.0 Å². The van der Waals surface area contributed by atoms with Crippen molar-refractivity contribution in [3.8, 4) is 0 Å². The highest BCUT2D eigenvalue weighted by molar-refractivity contribution is 7.17. The normalized spacial score (nSPS) is 16.1. The summed E-state index contributed by atoms with van der Waals surface area (Å²) in [4.78, 5) is 17.3. The van der Waals surface area contributed by atoms with Crippen molar-refractivity contribution in [2.75, 3.05) is 31.2 Å². The number of ether oxygens (including phenoxy) is 1. The van der Waals surface area contributed by atoms with Gasteiger partial charge in [0.05, 0.1) is 13.2 Å². The molecular formula is C15H14N2O2S. The minimum Gasteiger partial charge on any atom is -0.378 e. The molecule has 3 aromatic rings. The second kappa shape index (κ2) is 4.61. The lowest BCUT2D eigenvalue weighted by molar-refractivity contribution is 0.122. The topological polar surface area (TPSA) is 45.3 Å². The van der Waals surface area contributed by atoms with Gasteiger partial charge >= 0.3 is 0 Å². The van der Waals surface area contributed by atoms with Crippen molar-refractivity contribution in [3.05, 3.63) is 40.0 Å². The van der Waals surface area contributed by atoms with Gasteiger partial charge in [0, 0.05) is 35.1 Å². The zero-order valence-electron chi connectivity index (χ0n) is 10.9. The predicted octanol–water partition coefficient (Wildman–Crippen LogP) is 2.58. The molecule has 1 aliphatic rings. The summed E-state index contributed by atoms with van der Waals surface area (Å²) < 4.78 is 6.20. The van der Waals surface area contributed by atoms with Crippen LogP contribution in [-0.4, -0.2) is 31.3 Å². The van der Waals surface area contributed by atoms with Crippen molar-refractivity contribution in [1.82, 2.24) is 4.98 Å². The zero-order chi connectivity index (χ0) is 13.5. The summed E-state index contributed by atoms with van der Waals surface area (Å²) in [6.45, 7) is 3.39. The average molecular weight is 286 g/mol. The number of nitrogens with zero attached hydrogens (tertiary/aromatic N) is 1. The molecule has 0 bridgehead atoms. The van der Waals surface area contributed by atoms with Crippen molar-refractivity contribution in [2.24, 2.45) is 0 Å². The van der Waals surface area contributed by atoms with Gasteiger partial charge < -0.3 is 14.6 Å². The van der Waals surface area contributed by atoms with Gasteiger partial charge in [-0.05, 0) is 29.6 Å². The first kappa shape index (κ1) is 11.9. The number of pyridine rings is 1. The van der Waals surface area contributed by atoms with E-state index in [-0.39, 0.29) is 5.56 Å². The highest BCUT2D eigenvalue weighted by Gasteiger charge is 2.13. The van der Waals surface area contributed by atoms with E-state index in [0.717, 1.165) is 47.3 Å². The predicted molar refractivity (Wildman–Crippen MR) is 83.0 cm³/mol. The van der Waals surface area contributed by atoms with E-state index in [9.17, 15) is 4.79 Å². The fourth-order valence-corrected chi connectivity index (χ4v) is 3.56. The molecule has 102 valence electrons. The molecule has 1 aliphatic heterocycles. The second-order valence-corrected chi connectivity index (χ2v) is 5.86. The van der Waals surface area contributed by atoms with Crippen LogP contribution in [-0.2, 0) is 4.74 Å². The molecule has 4 nitrogen and oxygen atoms in total. The van der Waals surface area contributed by atoms with Gasteiger partial charge in [-0.2, -0.15) is 0 Å². The number of morpholine rings is 1. The van der Waals surface area contributed by atoms with Crippen molar-refractivity contribution < 1.29 is 4.74 Å². The lowest BCUT2D eigenvalue weighted by atomic mass is 10.1. The lowest BCUT2D eigenvalue weighted by Gasteiger charge is -2.29. The van der Waals surface area contributed by atoms with E-state index >= 15 is 0 Å². The van der Waals surface area contributed by atoms with Crippen molar-refractivity contribution in [3.63, 3.8) is 0 Å². The van der Waals surface area contributed by atoms with Crippen LogP contribution < -0.4 is 10.5 Å². The standard InChI is InChI=1S/C15H14N2O2S/c18-15-14-11(3-8-20-14)12-9-10(1-2-13(12)16-15)17-4-6-19-7-5-17/h1-3,8-9H,4-7H2,(H,16,18). The highest BCUT2D eigenvalue weighted by atomic mass is 32.1. The van der Waals surface area contributed by atoms with Gasteiger partial charge in [0.2, 0.25) is 0 Å². The fraction of sp³-hybridized carbons (Fsp3) is 0.267. The number of hydrogen-bond donors (Lipinski definition) is 1. The first-order valence-electron chi connectivity index (χ1n) is 6.69. The van der Waals surface area contributed by atoms with Crippen LogP contribution in [0, 0.1) is 0 Å². The first-order valence-corrected chi connectivity index (χ1v) is 7.57. The number of thiophene rings is 1. The zero-order valence-corrected chi connectivity index (χ0v) is 11.7. The maximum Gasteiger partial charge on any atom is 0.266 e. The number of aromatic nitrogens is 1. The van der Waals surface area contributed by atoms with Gasteiger partial charge in [0.15, 0.2) is 0 Å². The molecule has 2 aromatic heterocycles. The van der Waals surface area contributed by atoms with Crippen LogP contribution in [0.15, 0.2) is 34.4 Å². The van der Waals surface area contributed by atoms with Crippen molar-refractivity contribution in [1.29, 1.82) is 0 Å². The molecule has 5 heteroatoms. The molecule has 0 aliphatic carbocycles. The van der Waals surface area contributed by atoms with Gasteiger partial charge in [-0.25, -0.2) is 0 Å². The first-order chi connectivity index (χ1) is 9.83. The summed E-state index contributed by atoms with van der Waals surface area (Å²) in [5.41, 5.74) is 2.10. The third-order valence-corrected chi connectivity index (χ3v) is 4.70. The molecular weight excluding hydrogens is 272 g/mol. The number of nitrogens with one attached hydrogen (secondary N) is 1. The Balaban J connectivity index is 1.93. The summed E-state index contributed by atoms with van der Waals surface area (Å²) >= 11 is 1.49. The quantitative estimate of drug-likeness (QED) is 0.748. The molecule has 4 rings (SSSR count). The Kier molecular flexibility index (Phi) is 2.75. The molecule has 1 aromatic carbocycles. The van der Waals surface area contributed by atoms with E-state index in [0.29, 0.717) is 0 Å². The molecule has 0 radical (unpaired) electrons. The number of fused-ring (bicyclic) bond motifs is 3. The van der Waals surface area contributed by atoms with Crippen LogP contribution in [0.25, 0.3) is 21.0 Å². The smallest absolute Gasteiger partial charge is 0.266 e. The average Bonchev–Trinajstić information content (AvgIpc) is 2.98. The number of rotatable bonds is 1. The fourth-order valence-electron chi connectivity index (χ4n) is 2.76. The molecule has 0 atom stereocenters. The van der Waals surface area contributed by atoms with Gasteiger partial charge in [0.25, 0.3) is 5.56 Å². The molecule has 3 heterocycles. The summed E-state index contributed by atoms with van der Waals surface area (Å²) in [6, 6.07) is 8.27. The Morgan fingerprint density at radius 2 is 2.00 bits per heavy atom. The number of anilines is 1. The Hall–Kier alpha value is -1.85. The van der Waals surface area contributed by atoms with Crippen LogP contribution in [0.4, 0.5) is 5.69 Å². The van der Waals surface area contributed by atoms with E-state index in [2.05, 4.69) is 22.0 Å². The van der Waals surface area contributed by atoms with Gasteiger partial charge in [0.1, 0.15) is 4.70 Å². The van der Waals surface area contributed by atoms with Gasteiger partial charge in [-0.1, -0.05) is 0 Å². The maximum atomic E-state index is 12.0. The number of aromatic amines is 1. The third kappa shape index (κ3) is 1.82. The van der Waals surface area contributed by atoms with E-state index in [4.69, 9.17) is 4.74 Å². The molecule has 20 heavy (non-hydrogen) atoms. The van der Waals surface area contributed by atoms with E-state index < -0.39 is 0 Å². The summed E-state index contributed by atoms with van der Waals surface area (Å²) in [5.74, 6) is 0. The van der Waals surface area contributed by atoms with E-state index in [1.54, 1.807) is 0 Å². The highest BCUT2D eigenvalue weighted by Crippen LogP contribution is 2.28. The second-order valence-electron chi connectivity index (χ2n) is 4.95. The van der Waals surface area contributed by atoms with Crippen LogP contribution in [0.5, 0.6) is 0 Å². The molecule has 1 N–H and O–H groups in total. The maximum absolute atomic E-state index is 12.0. The largest absolute Gasteiger partial charge is 0.378 e. The van der Waals surface area contributed by atoms with Crippen LogP contribution in [0.3, 0.4) is 0 Å². The molecule has 0 spiro atoms. The molecule has 1 fully saturated rings. The summed E-state index contributed by atoms with van der Waals surface area (Å²) in [5, 5.41) is 4.13. The molecule has 1 saturated heterocycles. The van der Waals surface area contributed by atoms with Crippen LogP contribution in [0.2, 0.25) is 0 Å². The van der Waals surface area contributed by atoms with Crippen LogP contribution >= 0.6 is 11.3 Å². The van der Waals surface area contributed by atoms with Crippen LogP contribution in [0.1, 0.15) is 0 Å². The van der Waals surface area contributed by atoms with Gasteiger partial charge in [-0.15, -0.1) is 11.3 Å². The third-order valence-electron chi connectivity index (χ3n) is 3.79. The monoisotopic (exact) mass is 286 g/mol. The Morgan fingerprint density at radius 3 is 2.85 bits per heavy atom. The van der Waals surface area contributed by atoms with Crippen molar-refractivity contribution >= 4 is 38.0 Å². The SMILES string of the molecule is O=c1[nH]c2ccc(N3CCOCC3)cc2c2ccsc12. The van der Waals surface area contributed by atoms with E-state index in [1.807, 2.05) is 17.5 Å². The Morgan fingerprint density at radius 1 is 1.15 bits per heavy atom. The van der Waals surface area contributed by atoms with Crippen molar-refractivity contribution in [2.45, 2.75) is 0 Å². The Bertz CT molecular complexity index is 831. The Labute approximate surface area is 119 Å².